The first-order chi connectivity index (χ1) is 9.04. The van der Waals surface area contributed by atoms with Crippen molar-refractivity contribution < 1.29 is 31.2 Å². The molecule has 0 aromatic rings. The van der Waals surface area contributed by atoms with Gasteiger partial charge in [0.2, 0.25) is 0 Å². The van der Waals surface area contributed by atoms with Gasteiger partial charge in [-0.3, -0.25) is 4.79 Å². The minimum Gasteiger partial charge on any atom is -0.415 e. The summed E-state index contributed by atoms with van der Waals surface area (Å²) in [6, 6.07) is 0. The van der Waals surface area contributed by atoms with Gasteiger partial charge in [-0.15, -0.1) is 0 Å². The number of carbonyl (C=O) groups is 1. The first kappa shape index (κ1) is 20.3. The highest BCUT2D eigenvalue weighted by molar-refractivity contribution is 6.74. The SMILES string of the molecule is CN(CCO[Si](C)(C)C(C)(C)C)C(=O)C(F)(F)C(F)(F)F. The van der Waals surface area contributed by atoms with Gasteiger partial charge in [0.25, 0.3) is 0 Å². The molecule has 0 spiro atoms. The van der Waals surface area contributed by atoms with Crippen LogP contribution in [0.5, 0.6) is 0 Å². The van der Waals surface area contributed by atoms with Crippen LogP contribution in [0.1, 0.15) is 20.8 Å². The second kappa shape index (κ2) is 6.19. The lowest BCUT2D eigenvalue weighted by Gasteiger charge is -2.36. The fourth-order valence-electron chi connectivity index (χ4n) is 1.12. The van der Waals surface area contributed by atoms with Crippen LogP contribution in [0.15, 0.2) is 0 Å². The average molecular weight is 335 g/mol. The number of halogens is 5. The molecule has 9 heteroatoms. The highest BCUT2D eigenvalue weighted by Gasteiger charge is 2.64. The van der Waals surface area contributed by atoms with Crippen molar-refractivity contribution in [2.75, 3.05) is 20.2 Å². The minimum absolute atomic E-state index is 0.0767. The van der Waals surface area contributed by atoms with Crippen LogP contribution in [0.3, 0.4) is 0 Å². The number of amides is 1. The molecule has 1 amide bonds. The van der Waals surface area contributed by atoms with E-state index in [1.165, 1.54) is 0 Å². The Hall–Kier alpha value is -0.703. The Morgan fingerprint density at radius 2 is 1.52 bits per heavy atom. The van der Waals surface area contributed by atoms with Crippen molar-refractivity contribution in [2.45, 2.75) is 51.0 Å². The zero-order valence-electron chi connectivity index (χ0n) is 13.1. The Morgan fingerprint density at radius 3 is 1.86 bits per heavy atom. The van der Waals surface area contributed by atoms with Gasteiger partial charge in [0.05, 0.1) is 6.61 Å². The Kier molecular flexibility index (Phi) is 5.99. The van der Waals surface area contributed by atoms with Gasteiger partial charge in [0.1, 0.15) is 0 Å². The first-order valence-corrected chi connectivity index (χ1v) is 9.29. The van der Waals surface area contributed by atoms with Gasteiger partial charge in [0, 0.05) is 13.6 Å². The molecular weight excluding hydrogens is 313 g/mol. The summed E-state index contributed by atoms with van der Waals surface area (Å²) in [6.45, 7) is 9.33. The molecule has 0 fully saturated rings. The van der Waals surface area contributed by atoms with E-state index in [-0.39, 0.29) is 18.2 Å². The molecule has 0 heterocycles. The van der Waals surface area contributed by atoms with E-state index in [1.54, 1.807) is 0 Å². The summed E-state index contributed by atoms with van der Waals surface area (Å²) < 4.78 is 67.7. The highest BCUT2D eigenvalue weighted by atomic mass is 28.4. The van der Waals surface area contributed by atoms with Crippen molar-refractivity contribution >= 4 is 14.2 Å². The lowest BCUT2D eigenvalue weighted by molar-refractivity contribution is -0.274. The van der Waals surface area contributed by atoms with E-state index in [4.69, 9.17) is 4.43 Å². The van der Waals surface area contributed by atoms with Crippen molar-refractivity contribution in [3.8, 4) is 0 Å². The number of rotatable bonds is 5. The Labute approximate surface area is 122 Å². The topological polar surface area (TPSA) is 29.5 Å². The predicted molar refractivity (Wildman–Crippen MR) is 71.8 cm³/mol. The lowest BCUT2D eigenvalue weighted by atomic mass is 10.2. The number of carbonyl (C=O) groups excluding carboxylic acids is 1. The molecule has 126 valence electrons. The molecule has 0 aliphatic heterocycles. The zero-order chi connectivity index (χ0) is 17.3. The van der Waals surface area contributed by atoms with Crippen molar-refractivity contribution in [3.63, 3.8) is 0 Å². The summed E-state index contributed by atoms with van der Waals surface area (Å²) in [5.74, 6) is -7.65. The predicted octanol–water partition coefficient (Wildman–Crippen LogP) is 3.66. The van der Waals surface area contributed by atoms with Crippen LogP contribution in [0.4, 0.5) is 22.0 Å². The maximum Gasteiger partial charge on any atom is 0.463 e. The maximum atomic E-state index is 12.9. The Morgan fingerprint density at radius 1 is 1.10 bits per heavy atom. The molecule has 0 rings (SSSR count). The molecule has 0 saturated heterocycles. The van der Waals surface area contributed by atoms with E-state index in [9.17, 15) is 26.7 Å². The average Bonchev–Trinajstić information content (AvgIpc) is 2.24. The van der Waals surface area contributed by atoms with E-state index in [0.29, 0.717) is 4.90 Å². The number of hydrogen-bond acceptors (Lipinski definition) is 2. The van der Waals surface area contributed by atoms with Crippen LogP contribution in [-0.4, -0.2) is 51.4 Å². The van der Waals surface area contributed by atoms with Crippen molar-refractivity contribution in [2.24, 2.45) is 0 Å². The van der Waals surface area contributed by atoms with Gasteiger partial charge in [-0.1, -0.05) is 20.8 Å². The number of nitrogens with zero attached hydrogens (tertiary/aromatic N) is 1. The van der Waals surface area contributed by atoms with Gasteiger partial charge in [-0.05, 0) is 18.1 Å². The highest BCUT2D eigenvalue weighted by Crippen LogP contribution is 2.37. The molecule has 0 aliphatic carbocycles. The molecule has 0 radical (unpaired) electrons. The molecule has 0 N–H and O–H groups in total. The third-order valence-electron chi connectivity index (χ3n) is 3.67. The van der Waals surface area contributed by atoms with Crippen LogP contribution in [0.25, 0.3) is 0 Å². The number of hydrogen-bond donors (Lipinski definition) is 0. The summed E-state index contributed by atoms with van der Waals surface area (Å²) >= 11 is 0. The summed E-state index contributed by atoms with van der Waals surface area (Å²) in [7, 11) is -1.24. The lowest BCUT2D eigenvalue weighted by Crippen LogP contribution is -2.52. The van der Waals surface area contributed by atoms with Crippen LogP contribution >= 0.6 is 0 Å². The van der Waals surface area contributed by atoms with Gasteiger partial charge in [-0.25, -0.2) is 0 Å². The minimum atomic E-state index is -5.89. The first-order valence-electron chi connectivity index (χ1n) is 6.38. The second-order valence-corrected chi connectivity index (χ2v) is 11.2. The fourth-order valence-corrected chi connectivity index (χ4v) is 2.15. The smallest absolute Gasteiger partial charge is 0.415 e. The Balaban J connectivity index is 4.61. The van der Waals surface area contributed by atoms with Gasteiger partial charge in [0.15, 0.2) is 8.32 Å². The van der Waals surface area contributed by atoms with E-state index < -0.39 is 26.3 Å². The van der Waals surface area contributed by atoms with Crippen molar-refractivity contribution in [1.82, 2.24) is 4.90 Å². The molecule has 21 heavy (non-hydrogen) atoms. The summed E-state index contributed by atoms with van der Waals surface area (Å²) in [5.41, 5.74) is 0. The zero-order valence-corrected chi connectivity index (χ0v) is 14.1. The second-order valence-electron chi connectivity index (χ2n) is 6.41. The van der Waals surface area contributed by atoms with E-state index in [0.717, 1.165) is 7.05 Å². The van der Waals surface area contributed by atoms with Crippen molar-refractivity contribution in [1.29, 1.82) is 0 Å². The largest absolute Gasteiger partial charge is 0.463 e. The summed E-state index contributed by atoms with van der Waals surface area (Å²) in [6.07, 6.45) is -5.89. The van der Waals surface area contributed by atoms with E-state index >= 15 is 0 Å². The van der Waals surface area contributed by atoms with Gasteiger partial charge in [-0.2, -0.15) is 22.0 Å². The molecule has 0 bridgehead atoms. The van der Waals surface area contributed by atoms with E-state index in [2.05, 4.69) is 0 Å². The molecule has 3 nitrogen and oxygen atoms in total. The van der Waals surface area contributed by atoms with Gasteiger partial charge >= 0.3 is 18.0 Å². The van der Waals surface area contributed by atoms with Crippen LogP contribution in [0.2, 0.25) is 18.1 Å². The van der Waals surface area contributed by atoms with Gasteiger partial charge < -0.3 is 9.33 Å². The molecule has 0 aliphatic rings. The molecular formula is C12H22F5NO2Si. The molecule has 0 aromatic carbocycles. The van der Waals surface area contributed by atoms with Crippen LogP contribution in [0, 0.1) is 0 Å². The summed E-state index contributed by atoms with van der Waals surface area (Å²) in [4.78, 5) is 11.5. The van der Waals surface area contributed by atoms with Crippen LogP contribution < -0.4 is 0 Å². The number of alkyl halides is 5. The molecule has 0 unspecified atom stereocenters. The third-order valence-corrected chi connectivity index (χ3v) is 8.21. The quantitative estimate of drug-likeness (QED) is 0.567. The monoisotopic (exact) mass is 335 g/mol. The van der Waals surface area contributed by atoms with Crippen LogP contribution in [-0.2, 0) is 9.22 Å². The molecule has 0 saturated carbocycles. The summed E-state index contributed by atoms with van der Waals surface area (Å²) in [5, 5.41) is -0.120. The normalized spacial score (nSPS) is 14.2. The molecule has 0 atom stereocenters. The molecule has 0 aromatic heterocycles. The third kappa shape index (κ3) is 4.91. The number of likely N-dealkylation sites (N-methyl/N-ethyl adjacent to an activating group) is 1. The standard InChI is InChI=1S/C12H22F5NO2Si/c1-10(2,3)21(5,6)20-8-7-18(4)9(19)11(13,14)12(15,16)17/h7-8H2,1-6H3. The maximum absolute atomic E-state index is 12.9. The van der Waals surface area contributed by atoms with E-state index in [1.807, 2.05) is 33.9 Å². The fraction of sp³-hybridized carbons (Fsp3) is 0.917. The Bertz CT molecular complexity index is 377. The van der Waals surface area contributed by atoms with Crippen molar-refractivity contribution in [3.05, 3.63) is 0 Å².